The minimum atomic E-state index is 0.495. The molecule has 1 N–H and O–H groups in total. The first kappa shape index (κ1) is 8.44. The van der Waals surface area contributed by atoms with Gasteiger partial charge in [-0.3, -0.25) is 0 Å². The van der Waals surface area contributed by atoms with Crippen molar-refractivity contribution in [3.8, 4) is 5.88 Å². The standard InChI is InChI=1S/C9H13N3O/c1-2-8(11-4-1)6-13-9-3-5-10-7-12-9/h3,5,7-8,11H,1-2,4,6H2/t8-/m0/s1. The lowest BCUT2D eigenvalue weighted by atomic mass is 10.2. The molecule has 2 rings (SSSR count). The van der Waals surface area contributed by atoms with Gasteiger partial charge in [0.25, 0.3) is 0 Å². The number of hydrogen-bond donors (Lipinski definition) is 1. The molecule has 4 heteroatoms. The van der Waals surface area contributed by atoms with Crippen molar-refractivity contribution in [3.05, 3.63) is 18.6 Å². The van der Waals surface area contributed by atoms with Crippen molar-refractivity contribution in [1.82, 2.24) is 15.3 Å². The van der Waals surface area contributed by atoms with Gasteiger partial charge in [0.2, 0.25) is 5.88 Å². The third-order valence-corrected chi connectivity index (χ3v) is 2.15. The fraction of sp³-hybridized carbons (Fsp3) is 0.556. The lowest BCUT2D eigenvalue weighted by Crippen LogP contribution is -2.28. The Kier molecular flexibility index (Phi) is 2.72. The smallest absolute Gasteiger partial charge is 0.216 e. The maximum Gasteiger partial charge on any atom is 0.216 e. The summed E-state index contributed by atoms with van der Waals surface area (Å²) in [6.07, 6.45) is 5.63. The highest BCUT2D eigenvalue weighted by Crippen LogP contribution is 2.07. The van der Waals surface area contributed by atoms with Gasteiger partial charge in [0.05, 0.1) is 0 Å². The summed E-state index contributed by atoms with van der Waals surface area (Å²) >= 11 is 0. The van der Waals surface area contributed by atoms with E-state index >= 15 is 0 Å². The van der Waals surface area contributed by atoms with Crippen LogP contribution in [-0.4, -0.2) is 29.2 Å². The van der Waals surface area contributed by atoms with Gasteiger partial charge in [-0.05, 0) is 19.4 Å². The van der Waals surface area contributed by atoms with Gasteiger partial charge in [-0.1, -0.05) is 0 Å². The predicted molar refractivity (Wildman–Crippen MR) is 48.6 cm³/mol. The van der Waals surface area contributed by atoms with Gasteiger partial charge in [-0.2, -0.15) is 0 Å². The van der Waals surface area contributed by atoms with Crippen molar-refractivity contribution in [2.24, 2.45) is 0 Å². The minimum Gasteiger partial charge on any atom is -0.476 e. The second-order valence-electron chi connectivity index (χ2n) is 3.15. The minimum absolute atomic E-state index is 0.495. The molecule has 2 heterocycles. The summed E-state index contributed by atoms with van der Waals surface area (Å²) in [4.78, 5) is 7.80. The normalized spacial score (nSPS) is 21.7. The predicted octanol–water partition coefficient (Wildman–Crippen LogP) is 0.607. The van der Waals surface area contributed by atoms with Crippen molar-refractivity contribution in [2.45, 2.75) is 18.9 Å². The van der Waals surface area contributed by atoms with E-state index in [9.17, 15) is 0 Å². The molecule has 1 atom stereocenters. The number of aromatic nitrogens is 2. The lowest BCUT2D eigenvalue weighted by molar-refractivity contribution is 0.267. The maximum absolute atomic E-state index is 5.48. The Morgan fingerprint density at radius 2 is 2.62 bits per heavy atom. The van der Waals surface area contributed by atoms with Crippen LogP contribution in [0.1, 0.15) is 12.8 Å². The number of nitrogens with one attached hydrogen (secondary N) is 1. The molecule has 4 nitrogen and oxygen atoms in total. The molecular weight excluding hydrogens is 166 g/mol. The molecule has 0 spiro atoms. The summed E-state index contributed by atoms with van der Waals surface area (Å²) in [5, 5.41) is 3.36. The Bertz CT molecular complexity index is 246. The Labute approximate surface area is 77.4 Å². The van der Waals surface area contributed by atoms with Gasteiger partial charge in [0.1, 0.15) is 12.9 Å². The second-order valence-corrected chi connectivity index (χ2v) is 3.15. The van der Waals surface area contributed by atoms with Gasteiger partial charge in [0.15, 0.2) is 0 Å². The SMILES string of the molecule is c1cc(OC[C@@H]2CCCN2)ncn1. The third-order valence-electron chi connectivity index (χ3n) is 2.15. The zero-order valence-corrected chi connectivity index (χ0v) is 7.44. The van der Waals surface area contributed by atoms with Crippen LogP contribution in [-0.2, 0) is 0 Å². The van der Waals surface area contributed by atoms with E-state index in [0.717, 1.165) is 6.54 Å². The zero-order chi connectivity index (χ0) is 8.93. The molecule has 0 bridgehead atoms. The molecule has 0 amide bonds. The molecule has 1 aliphatic rings. The average Bonchev–Trinajstić information content (AvgIpc) is 2.69. The fourth-order valence-electron chi connectivity index (χ4n) is 1.45. The van der Waals surface area contributed by atoms with E-state index in [1.165, 1.54) is 19.2 Å². The summed E-state index contributed by atoms with van der Waals surface area (Å²) in [7, 11) is 0. The van der Waals surface area contributed by atoms with E-state index in [0.29, 0.717) is 18.5 Å². The van der Waals surface area contributed by atoms with Gasteiger partial charge < -0.3 is 10.1 Å². The van der Waals surface area contributed by atoms with E-state index < -0.39 is 0 Å². The van der Waals surface area contributed by atoms with Crippen LogP contribution >= 0.6 is 0 Å². The monoisotopic (exact) mass is 179 g/mol. The van der Waals surface area contributed by atoms with E-state index in [-0.39, 0.29) is 0 Å². The van der Waals surface area contributed by atoms with E-state index in [4.69, 9.17) is 4.74 Å². The average molecular weight is 179 g/mol. The number of hydrogen-bond acceptors (Lipinski definition) is 4. The Morgan fingerprint density at radius 3 is 3.31 bits per heavy atom. The van der Waals surface area contributed by atoms with E-state index in [1.54, 1.807) is 12.3 Å². The topological polar surface area (TPSA) is 47.0 Å². The summed E-state index contributed by atoms with van der Waals surface area (Å²) in [5.74, 6) is 0.656. The maximum atomic E-state index is 5.48. The quantitative estimate of drug-likeness (QED) is 0.738. The van der Waals surface area contributed by atoms with Gasteiger partial charge in [0, 0.05) is 18.3 Å². The van der Waals surface area contributed by atoms with Crippen LogP contribution in [0.15, 0.2) is 18.6 Å². The van der Waals surface area contributed by atoms with E-state index in [2.05, 4.69) is 15.3 Å². The van der Waals surface area contributed by atoms with Crippen molar-refractivity contribution >= 4 is 0 Å². The molecule has 0 radical (unpaired) electrons. The highest BCUT2D eigenvalue weighted by molar-refractivity contribution is 5.04. The molecule has 70 valence electrons. The molecule has 1 aliphatic heterocycles. The molecule has 0 saturated carbocycles. The van der Waals surface area contributed by atoms with Crippen LogP contribution in [0.3, 0.4) is 0 Å². The first-order chi connectivity index (χ1) is 6.45. The molecule has 1 aromatic heterocycles. The van der Waals surface area contributed by atoms with Crippen LogP contribution in [0.4, 0.5) is 0 Å². The fourth-order valence-corrected chi connectivity index (χ4v) is 1.45. The van der Waals surface area contributed by atoms with Crippen LogP contribution in [0.2, 0.25) is 0 Å². The van der Waals surface area contributed by atoms with Gasteiger partial charge in [-0.25, -0.2) is 9.97 Å². The molecule has 1 fully saturated rings. The van der Waals surface area contributed by atoms with Crippen LogP contribution in [0.5, 0.6) is 5.88 Å². The van der Waals surface area contributed by atoms with Crippen molar-refractivity contribution < 1.29 is 4.74 Å². The molecule has 13 heavy (non-hydrogen) atoms. The molecule has 0 aromatic carbocycles. The van der Waals surface area contributed by atoms with Crippen molar-refractivity contribution in [1.29, 1.82) is 0 Å². The molecule has 0 aliphatic carbocycles. The number of rotatable bonds is 3. The highest BCUT2D eigenvalue weighted by atomic mass is 16.5. The molecule has 0 unspecified atom stereocenters. The van der Waals surface area contributed by atoms with Crippen molar-refractivity contribution in [2.75, 3.05) is 13.2 Å². The largest absolute Gasteiger partial charge is 0.476 e. The number of nitrogens with zero attached hydrogens (tertiary/aromatic N) is 2. The van der Waals surface area contributed by atoms with E-state index in [1.807, 2.05) is 0 Å². The Balaban J connectivity index is 1.79. The van der Waals surface area contributed by atoms with Crippen LogP contribution in [0, 0.1) is 0 Å². The van der Waals surface area contributed by atoms with Crippen LogP contribution in [0.25, 0.3) is 0 Å². The number of ether oxygens (including phenoxy) is 1. The Morgan fingerprint density at radius 1 is 1.62 bits per heavy atom. The highest BCUT2D eigenvalue weighted by Gasteiger charge is 2.14. The first-order valence-corrected chi connectivity index (χ1v) is 4.57. The summed E-state index contributed by atoms with van der Waals surface area (Å²) in [6.45, 7) is 1.81. The van der Waals surface area contributed by atoms with Crippen LogP contribution < -0.4 is 10.1 Å². The van der Waals surface area contributed by atoms with Crippen molar-refractivity contribution in [3.63, 3.8) is 0 Å². The lowest BCUT2D eigenvalue weighted by Gasteiger charge is -2.10. The zero-order valence-electron chi connectivity index (χ0n) is 7.44. The third kappa shape index (κ3) is 2.39. The van der Waals surface area contributed by atoms with Gasteiger partial charge >= 0.3 is 0 Å². The Hall–Kier alpha value is -1.16. The summed E-state index contributed by atoms with van der Waals surface area (Å²) in [6, 6.07) is 2.27. The first-order valence-electron chi connectivity index (χ1n) is 4.57. The molecule has 1 saturated heterocycles. The molecule has 1 aromatic rings. The summed E-state index contributed by atoms with van der Waals surface area (Å²) < 4.78 is 5.48. The molecular formula is C9H13N3O. The summed E-state index contributed by atoms with van der Waals surface area (Å²) in [5.41, 5.74) is 0. The second kappa shape index (κ2) is 4.18. The van der Waals surface area contributed by atoms with Gasteiger partial charge in [-0.15, -0.1) is 0 Å².